The van der Waals surface area contributed by atoms with Crippen LogP contribution in [0.5, 0.6) is 0 Å². The lowest BCUT2D eigenvalue weighted by molar-refractivity contribution is 0.0898. The number of hydrogen-bond donors (Lipinski definition) is 2. The van der Waals surface area contributed by atoms with E-state index in [1.54, 1.807) is 6.07 Å². The predicted molar refractivity (Wildman–Crippen MR) is 78.5 cm³/mol. The summed E-state index contributed by atoms with van der Waals surface area (Å²) in [5, 5.41) is 3.03. The molecule has 0 aliphatic rings. The maximum Gasteiger partial charge on any atom is 0.251 e. The molecule has 1 unspecified atom stereocenters. The van der Waals surface area contributed by atoms with Gasteiger partial charge in [-0.05, 0) is 37.5 Å². The minimum atomic E-state index is -0.354. The third kappa shape index (κ3) is 4.42. The maximum atomic E-state index is 12.2. The van der Waals surface area contributed by atoms with Crippen LogP contribution in [0.2, 0.25) is 0 Å². The van der Waals surface area contributed by atoms with E-state index in [-0.39, 0.29) is 11.4 Å². The van der Waals surface area contributed by atoms with Gasteiger partial charge in [0.05, 0.1) is 0 Å². The first-order chi connectivity index (χ1) is 8.36. The number of amides is 1. The molecule has 0 aromatic heterocycles. The Labute approximate surface area is 117 Å². The van der Waals surface area contributed by atoms with Crippen molar-refractivity contribution >= 4 is 21.8 Å². The number of nitrogens with one attached hydrogen (secondary N) is 1. The van der Waals surface area contributed by atoms with Crippen LogP contribution in [0.1, 0.15) is 37.6 Å². The van der Waals surface area contributed by atoms with E-state index in [1.165, 1.54) is 0 Å². The number of carbonyl (C=O) groups is 1. The van der Waals surface area contributed by atoms with Crippen molar-refractivity contribution in [3.8, 4) is 0 Å². The highest BCUT2D eigenvalue weighted by atomic mass is 79.9. The highest BCUT2D eigenvalue weighted by molar-refractivity contribution is 9.10. The summed E-state index contributed by atoms with van der Waals surface area (Å²) in [5.74, 6) is 0.409. The van der Waals surface area contributed by atoms with Crippen LogP contribution >= 0.6 is 15.9 Å². The molecule has 1 aromatic carbocycles. The molecule has 0 aliphatic heterocycles. The van der Waals surface area contributed by atoms with Crippen molar-refractivity contribution in [1.82, 2.24) is 5.32 Å². The second-order valence-electron chi connectivity index (χ2n) is 5.33. The van der Waals surface area contributed by atoms with Crippen LogP contribution < -0.4 is 11.1 Å². The molecule has 0 saturated heterocycles. The summed E-state index contributed by atoms with van der Waals surface area (Å²) in [6.07, 6.45) is 0.864. The van der Waals surface area contributed by atoms with Crippen molar-refractivity contribution in [3.63, 3.8) is 0 Å². The average Bonchev–Trinajstić information content (AvgIpc) is 2.27. The van der Waals surface area contributed by atoms with Crippen molar-refractivity contribution in [2.45, 2.75) is 32.7 Å². The lowest BCUT2D eigenvalue weighted by atomic mass is 9.90. The van der Waals surface area contributed by atoms with Gasteiger partial charge in [-0.2, -0.15) is 0 Å². The second kappa shape index (κ2) is 6.34. The first-order valence-electron chi connectivity index (χ1n) is 6.14. The zero-order valence-electron chi connectivity index (χ0n) is 11.2. The number of nitrogens with two attached hydrogens (primary N) is 1. The van der Waals surface area contributed by atoms with Crippen LogP contribution in [-0.2, 0) is 0 Å². The van der Waals surface area contributed by atoms with Crippen molar-refractivity contribution in [3.05, 3.63) is 34.3 Å². The molecule has 1 amide bonds. The molecule has 100 valence electrons. The molecule has 0 spiro atoms. The van der Waals surface area contributed by atoms with Crippen LogP contribution in [0.4, 0.5) is 0 Å². The van der Waals surface area contributed by atoms with Gasteiger partial charge in [0.15, 0.2) is 0 Å². The number of halogens is 1. The molecule has 3 nitrogen and oxygen atoms in total. The standard InChI is InChI=1S/C14H21BrN2O/c1-10(2)8-14(3,9-16)17-13(18)11-5-4-6-12(15)7-11/h4-7,10H,8-9,16H2,1-3H3,(H,17,18). The smallest absolute Gasteiger partial charge is 0.251 e. The molecule has 1 rings (SSSR count). The zero-order chi connectivity index (χ0) is 13.8. The number of carbonyl (C=O) groups excluding carboxylic acids is 1. The van der Waals surface area contributed by atoms with Gasteiger partial charge in [0.2, 0.25) is 0 Å². The summed E-state index contributed by atoms with van der Waals surface area (Å²) in [4.78, 5) is 12.2. The molecule has 3 N–H and O–H groups in total. The van der Waals surface area contributed by atoms with Gasteiger partial charge < -0.3 is 11.1 Å². The predicted octanol–water partition coefficient (Wildman–Crippen LogP) is 2.94. The van der Waals surface area contributed by atoms with Crippen molar-refractivity contribution in [1.29, 1.82) is 0 Å². The first kappa shape index (κ1) is 15.2. The quantitative estimate of drug-likeness (QED) is 0.878. The average molecular weight is 313 g/mol. The minimum absolute atomic E-state index is 0.0788. The fourth-order valence-electron chi connectivity index (χ4n) is 2.06. The van der Waals surface area contributed by atoms with Gasteiger partial charge in [-0.1, -0.05) is 35.8 Å². The maximum absolute atomic E-state index is 12.2. The van der Waals surface area contributed by atoms with Gasteiger partial charge >= 0.3 is 0 Å². The van der Waals surface area contributed by atoms with Gasteiger partial charge in [0.1, 0.15) is 0 Å². The minimum Gasteiger partial charge on any atom is -0.346 e. The molecule has 1 atom stereocenters. The molecule has 0 aliphatic carbocycles. The summed E-state index contributed by atoms with van der Waals surface area (Å²) in [5.41, 5.74) is 6.08. The third-order valence-corrected chi connectivity index (χ3v) is 3.30. The van der Waals surface area contributed by atoms with Crippen LogP contribution in [0.25, 0.3) is 0 Å². The second-order valence-corrected chi connectivity index (χ2v) is 6.24. The Morgan fingerprint density at radius 1 is 1.50 bits per heavy atom. The molecule has 1 aromatic rings. The highest BCUT2D eigenvalue weighted by Crippen LogP contribution is 2.17. The highest BCUT2D eigenvalue weighted by Gasteiger charge is 2.26. The Morgan fingerprint density at radius 2 is 2.17 bits per heavy atom. The molecule has 0 saturated carbocycles. The van der Waals surface area contributed by atoms with E-state index < -0.39 is 0 Å². The largest absolute Gasteiger partial charge is 0.346 e. The summed E-state index contributed by atoms with van der Waals surface area (Å²) < 4.78 is 0.897. The third-order valence-electron chi connectivity index (χ3n) is 2.81. The van der Waals surface area contributed by atoms with Crippen LogP contribution in [-0.4, -0.2) is 18.0 Å². The molecule has 0 heterocycles. The number of hydrogen-bond acceptors (Lipinski definition) is 2. The van der Waals surface area contributed by atoms with Gasteiger partial charge in [0.25, 0.3) is 5.91 Å². The van der Waals surface area contributed by atoms with Crippen LogP contribution in [0.3, 0.4) is 0 Å². The summed E-state index contributed by atoms with van der Waals surface area (Å²) in [7, 11) is 0. The Balaban J connectivity index is 2.79. The summed E-state index contributed by atoms with van der Waals surface area (Å²) >= 11 is 3.36. The SMILES string of the molecule is CC(C)CC(C)(CN)NC(=O)c1cccc(Br)c1. The fraction of sp³-hybridized carbons (Fsp3) is 0.500. The van der Waals surface area contributed by atoms with Gasteiger partial charge in [-0.25, -0.2) is 0 Å². The normalized spacial score (nSPS) is 14.3. The topological polar surface area (TPSA) is 55.1 Å². The first-order valence-corrected chi connectivity index (χ1v) is 6.94. The van der Waals surface area contributed by atoms with Crippen molar-refractivity contribution < 1.29 is 4.79 Å². The Morgan fingerprint density at radius 3 is 2.67 bits per heavy atom. The van der Waals surface area contributed by atoms with E-state index in [9.17, 15) is 4.79 Å². The van der Waals surface area contributed by atoms with Crippen LogP contribution in [0.15, 0.2) is 28.7 Å². The van der Waals surface area contributed by atoms with Crippen molar-refractivity contribution in [2.24, 2.45) is 11.7 Å². The van der Waals surface area contributed by atoms with E-state index in [0.29, 0.717) is 18.0 Å². The Hall–Kier alpha value is -0.870. The van der Waals surface area contributed by atoms with Gasteiger partial charge in [-0.3, -0.25) is 4.79 Å². The monoisotopic (exact) mass is 312 g/mol. The van der Waals surface area contributed by atoms with Gasteiger partial charge in [-0.15, -0.1) is 0 Å². The van der Waals surface area contributed by atoms with Crippen molar-refractivity contribution in [2.75, 3.05) is 6.54 Å². The van der Waals surface area contributed by atoms with Crippen LogP contribution in [0, 0.1) is 5.92 Å². The molecular formula is C14H21BrN2O. The summed E-state index contributed by atoms with van der Waals surface area (Å²) in [6, 6.07) is 7.35. The molecule has 0 fully saturated rings. The molecule has 4 heteroatoms. The van der Waals surface area contributed by atoms with E-state index >= 15 is 0 Å². The Bertz CT molecular complexity index is 420. The number of rotatable bonds is 5. The van der Waals surface area contributed by atoms with Gasteiger partial charge in [0, 0.05) is 22.1 Å². The van der Waals surface area contributed by atoms with E-state index in [1.807, 2.05) is 25.1 Å². The van der Waals surface area contributed by atoms with E-state index in [0.717, 1.165) is 10.9 Å². The molecular weight excluding hydrogens is 292 g/mol. The lowest BCUT2D eigenvalue weighted by Gasteiger charge is -2.31. The molecule has 18 heavy (non-hydrogen) atoms. The zero-order valence-corrected chi connectivity index (χ0v) is 12.8. The fourth-order valence-corrected chi connectivity index (χ4v) is 2.46. The molecule has 0 radical (unpaired) electrons. The number of benzene rings is 1. The van der Waals surface area contributed by atoms with E-state index in [2.05, 4.69) is 35.1 Å². The lowest BCUT2D eigenvalue weighted by Crippen LogP contribution is -2.52. The summed E-state index contributed by atoms with van der Waals surface area (Å²) in [6.45, 7) is 6.67. The Kier molecular flexibility index (Phi) is 5.35. The van der Waals surface area contributed by atoms with E-state index in [4.69, 9.17) is 5.73 Å². The molecule has 0 bridgehead atoms.